The first-order chi connectivity index (χ1) is 9.57. The fraction of sp³-hybridized carbons (Fsp3) is 0.571. The van der Waals surface area contributed by atoms with Crippen LogP contribution < -0.4 is 9.64 Å². The van der Waals surface area contributed by atoms with Crippen molar-refractivity contribution in [2.45, 2.75) is 6.04 Å². The predicted molar refractivity (Wildman–Crippen MR) is 79.2 cm³/mol. The Morgan fingerprint density at radius 1 is 1.05 bits per heavy atom. The van der Waals surface area contributed by atoms with Gasteiger partial charge in [0.25, 0.3) is 0 Å². The van der Waals surface area contributed by atoms with Gasteiger partial charge in [-0.3, -0.25) is 4.90 Å². The maximum Gasteiger partial charge on any atom is 0.153 e. The van der Waals surface area contributed by atoms with Crippen LogP contribution in [-0.2, 0) is 9.84 Å². The summed E-state index contributed by atoms with van der Waals surface area (Å²) in [4.78, 5) is 4.64. The molecular weight excluding hydrogens is 276 g/mol. The summed E-state index contributed by atoms with van der Waals surface area (Å²) in [6.45, 7) is 3.77. The quantitative estimate of drug-likeness (QED) is 0.818. The highest BCUT2D eigenvalue weighted by atomic mass is 32.2. The largest absolute Gasteiger partial charge is 0.497 e. The van der Waals surface area contributed by atoms with Crippen molar-refractivity contribution in [2.75, 3.05) is 49.7 Å². The van der Waals surface area contributed by atoms with Gasteiger partial charge >= 0.3 is 0 Å². The van der Waals surface area contributed by atoms with Gasteiger partial charge in [-0.2, -0.15) is 0 Å². The van der Waals surface area contributed by atoms with E-state index in [0.717, 1.165) is 31.9 Å². The van der Waals surface area contributed by atoms with E-state index in [-0.39, 0.29) is 6.04 Å². The molecule has 0 aromatic heterocycles. The minimum atomic E-state index is -2.72. The molecule has 6 heteroatoms. The summed E-state index contributed by atoms with van der Waals surface area (Å²) in [7, 11) is -1.06. The molecule has 110 valence electrons. The molecule has 0 radical (unpaired) electrons. The first-order valence-electron chi connectivity index (χ1n) is 6.91. The molecule has 0 N–H and O–H groups in total. The molecule has 2 aliphatic rings. The van der Waals surface area contributed by atoms with Crippen molar-refractivity contribution in [1.29, 1.82) is 0 Å². The third kappa shape index (κ3) is 2.76. The third-order valence-electron chi connectivity index (χ3n) is 4.16. The van der Waals surface area contributed by atoms with E-state index < -0.39 is 9.84 Å². The molecule has 0 aliphatic carbocycles. The summed E-state index contributed by atoms with van der Waals surface area (Å²) in [5, 5.41) is 0. The summed E-state index contributed by atoms with van der Waals surface area (Å²) in [6, 6.07) is 8.34. The lowest BCUT2D eigenvalue weighted by molar-refractivity contribution is 0.202. The van der Waals surface area contributed by atoms with E-state index in [0.29, 0.717) is 11.5 Å². The first kappa shape index (κ1) is 13.7. The van der Waals surface area contributed by atoms with E-state index in [9.17, 15) is 8.42 Å². The average Bonchev–Trinajstić information content (AvgIpc) is 2.45. The van der Waals surface area contributed by atoms with E-state index >= 15 is 0 Å². The maximum absolute atomic E-state index is 11.2. The predicted octanol–water partition coefficient (Wildman–Crippen LogP) is 0.614. The fourth-order valence-corrected chi connectivity index (χ4v) is 4.38. The molecule has 0 bridgehead atoms. The number of ether oxygens (including phenoxy) is 1. The lowest BCUT2D eigenvalue weighted by atomic mass is 10.2. The van der Waals surface area contributed by atoms with Crippen molar-refractivity contribution in [2.24, 2.45) is 0 Å². The molecule has 2 saturated heterocycles. The number of sulfone groups is 1. The highest BCUT2D eigenvalue weighted by Crippen LogP contribution is 2.23. The molecule has 3 rings (SSSR count). The summed E-state index contributed by atoms with van der Waals surface area (Å²) < 4.78 is 27.6. The third-order valence-corrected chi connectivity index (χ3v) is 5.95. The van der Waals surface area contributed by atoms with Crippen LogP contribution in [0.4, 0.5) is 5.69 Å². The number of nitrogens with zero attached hydrogens (tertiary/aromatic N) is 2. The number of methoxy groups -OCH3 is 1. The fourth-order valence-electron chi connectivity index (χ4n) is 2.89. The van der Waals surface area contributed by atoms with Gasteiger partial charge < -0.3 is 9.64 Å². The number of hydrogen-bond donors (Lipinski definition) is 0. The number of hydrogen-bond acceptors (Lipinski definition) is 5. The molecule has 0 amide bonds. The molecule has 1 aromatic rings. The number of benzene rings is 1. The minimum absolute atomic E-state index is 0.248. The molecule has 5 nitrogen and oxygen atoms in total. The Balaban J connectivity index is 1.55. The highest BCUT2D eigenvalue weighted by molar-refractivity contribution is 7.92. The van der Waals surface area contributed by atoms with Crippen molar-refractivity contribution >= 4 is 15.5 Å². The molecule has 2 heterocycles. The molecule has 20 heavy (non-hydrogen) atoms. The number of piperazine rings is 1. The van der Waals surface area contributed by atoms with Gasteiger partial charge in [0.1, 0.15) is 5.75 Å². The van der Waals surface area contributed by atoms with E-state index in [2.05, 4.69) is 21.9 Å². The van der Waals surface area contributed by atoms with Gasteiger partial charge in [-0.05, 0) is 24.3 Å². The van der Waals surface area contributed by atoms with Crippen LogP contribution in [0.15, 0.2) is 24.3 Å². The Bertz CT molecular complexity index is 551. The van der Waals surface area contributed by atoms with Crippen molar-refractivity contribution in [3.63, 3.8) is 0 Å². The van der Waals surface area contributed by atoms with Gasteiger partial charge in [0.2, 0.25) is 0 Å². The Morgan fingerprint density at radius 3 is 2.15 bits per heavy atom. The maximum atomic E-state index is 11.2. The van der Waals surface area contributed by atoms with Gasteiger partial charge in [0, 0.05) is 37.9 Å². The van der Waals surface area contributed by atoms with Gasteiger partial charge in [-0.15, -0.1) is 0 Å². The second-order valence-electron chi connectivity index (χ2n) is 5.45. The number of rotatable bonds is 3. The van der Waals surface area contributed by atoms with Gasteiger partial charge in [-0.25, -0.2) is 8.42 Å². The zero-order valence-corrected chi connectivity index (χ0v) is 12.5. The van der Waals surface area contributed by atoms with Crippen LogP contribution in [0.3, 0.4) is 0 Å². The van der Waals surface area contributed by atoms with Crippen LogP contribution in [-0.4, -0.2) is 64.2 Å². The molecule has 1 aromatic carbocycles. The summed E-state index contributed by atoms with van der Waals surface area (Å²) >= 11 is 0. The van der Waals surface area contributed by atoms with Crippen LogP contribution >= 0.6 is 0 Å². The van der Waals surface area contributed by atoms with Crippen molar-refractivity contribution in [3.8, 4) is 5.75 Å². The molecule has 0 spiro atoms. The van der Waals surface area contributed by atoms with Crippen LogP contribution in [0.2, 0.25) is 0 Å². The second-order valence-corrected chi connectivity index (χ2v) is 7.61. The molecule has 0 unspecified atom stereocenters. The molecule has 2 fully saturated rings. The standard InChI is InChI=1S/C14H20N2O3S/c1-19-14-4-2-12(3-5-14)15-6-8-16(9-7-15)13-10-20(17,18)11-13/h2-5,13H,6-11H2,1H3. The normalized spacial score (nSPS) is 23.4. The zero-order chi connectivity index (χ0) is 14.2. The zero-order valence-electron chi connectivity index (χ0n) is 11.7. The molecular formula is C14H20N2O3S. The Morgan fingerprint density at radius 2 is 1.65 bits per heavy atom. The summed E-state index contributed by atoms with van der Waals surface area (Å²) in [5.74, 6) is 1.55. The van der Waals surface area contributed by atoms with Gasteiger partial charge in [0.15, 0.2) is 9.84 Å². The first-order valence-corrected chi connectivity index (χ1v) is 8.73. The SMILES string of the molecule is COc1ccc(N2CCN(C3CS(=O)(=O)C3)CC2)cc1. The van der Waals surface area contributed by atoms with E-state index in [1.165, 1.54) is 5.69 Å². The van der Waals surface area contributed by atoms with Crippen molar-refractivity contribution < 1.29 is 13.2 Å². The van der Waals surface area contributed by atoms with Crippen LogP contribution in [0, 0.1) is 0 Å². The average molecular weight is 296 g/mol. The lowest BCUT2D eigenvalue weighted by Gasteiger charge is -2.43. The van der Waals surface area contributed by atoms with E-state index in [1.807, 2.05) is 12.1 Å². The smallest absolute Gasteiger partial charge is 0.153 e. The van der Waals surface area contributed by atoms with E-state index in [1.54, 1.807) is 7.11 Å². The van der Waals surface area contributed by atoms with Gasteiger partial charge in [-0.1, -0.05) is 0 Å². The Kier molecular flexibility index (Phi) is 3.60. The number of anilines is 1. The van der Waals surface area contributed by atoms with Gasteiger partial charge in [0.05, 0.1) is 18.6 Å². The van der Waals surface area contributed by atoms with E-state index in [4.69, 9.17) is 4.74 Å². The monoisotopic (exact) mass is 296 g/mol. The second kappa shape index (κ2) is 5.26. The molecule has 2 aliphatic heterocycles. The van der Waals surface area contributed by atoms with Crippen molar-refractivity contribution in [3.05, 3.63) is 24.3 Å². The molecule has 0 saturated carbocycles. The topological polar surface area (TPSA) is 49.9 Å². The lowest BCUT2D eigenvalue weighted by Crippen LogP contribution is -2.59. The van der Waals surface area contributed by atoms with Crippen LogP contribution in [0.25, 0.3) is 0 Å². The highest BCUT2D eigenvalue weighted by Gasteiger charge is 2.38. The van der Waals surface area contributed by atoms with Crippen molar-refractivity contribution in [1.82, 2.24) is 4.90 Å². The van der Waals surface area contributed by atoms with Crippen LogP contribution in [0.5, 0.6) is 5.75 Å². The Hall–Kier alpha value is -1.27. The summed E-state index contributed by atoms with van der Waals surface area (Å²) in [6.07, 6.45) is 0. The Labute approximate surface area is 120 Å². The molecule has 0 atom stereocenters. The van der Waals surface area contributed by atoms with Crippen LogP contribution in [0.1, 0.15) is 0 Å². The summed E-state index contributed by atoms with van der Waals surface area (Å²) in [5.41, 5.74) is 1.20. The minimum Gasteiger partial charge on any atom is -0.497 e.